The molecule has 4 rings (SSSR count). The van der Waals surface area contributed by atoms with Crippen molar-refractivity contribution in [3.8, 4) is 0 Å². The number of benzene rings is 2. The molecule has 0 saturated carbocycles. The Bertz CT molecular complexity index is 1040. The normalized spacial score (nSPS) is 17.3. The molecule has 1 N–H and O–H groups in total. The quantitative estimate of drug-likeness (QED) is 0.787. The smallest absolute Gasteiger partial charge is 0.267 e. The first-order valence-electron chi connectivity index (χ1n) is 11.2. The Labute approximate surface area is 189 Å². The number of carbonyl (C=O) groups excluding carboxylic acids is 2. The van der Waals surface area contributed by atoms with Crippen molar-refractivity contribution in [3.05, 3.63) is 59.2 Å². The van der Waals surface area contributed by atoms with E-state index in [1.165, 1.54) is 10.7 Å². The molecule has 0 bridgehead atoms. The highest BCUT2D eigenvalue weighted by molar-refractivity contribution is 6.40. The molecule has 0 unspecified atom stereocenters. The summed E-state index contributed by atoms with van der Waals surface area (Å²) in [4.78, 5) is 30.2. The minimum Gasteiger partial charge on any atom is -0.369 e. The van der Waals surface area contributed by atoms with Gasteiger partial charge in [-0.1, -0.05) is 30.3 Å². The molecule has 168 valence electrons. The number of piperazine rings is 1. The summed E-state index contributed by atoms with van der Waals surface area (Å²) in [6.07, 6.45) is 0.629. The Balaban J connectivity index is 1.48. The van der Waals surface area contributed by atoms with Crippen molar-refractivity contribution in [3.63, 3.8) is 0 Å². The Morgan fingerprint density at radius 2 is 1.75 bits per heavy atom. The van der Waals surface area contributed by atoms with Gasteiger partial charge in [-0.2, -0.15) is 5.10 Å². The van der Waals surface area contributed by atoms with Crippen molar-refractivity contribution in [2.75, 3.05) is 43.1 Å². The lowest BCUT2D eigenvalue weighted by Gasteiger charge is -2.35. The fraction of sp³-hybridized carbons (Fsp3) is 0.400. The van der Waals surface area contributed by atoms with Gasteiger partial charge in [-0.25, -0.2) is 5.01 Å². The molecule has 0 radical (unpaired) electrons. The summed E-state index contributed by atoms with van der Waals surface area (Å²) >= 11 is 0. The molecule has 2 aliphatic rings. The van der Waals surface area contributed by atoms with E-state index in [0.29, 0.717) is 18.7 Å². The summed E-state index contributed by atoms with van der Waals surface area (Å²) in [6.45, 7) is 8.35. The van der Waals surface area contributed by atoms with Crippen molar-refractivity contribution in [2.24, 2.45) is 5.10 Å². The van der Waals surface area contributed by atoms with Crippen LogP contribution >= 0.6 is 0 Å². The molecule has 0 aliphatic carbocycles. The van der Waals surface area contributed by atoms with E-state index < -0.39 is 0 Å². The molecular weight excluding hydrogens is 402 g/mol. The van der Waals surface area contributed by atoms with Crippen LogP contribution in [-0.2, 0) is 16.1 Å². The summed E-state index contributed by atoms with van der Waals surface area (Å²) in [7, 11) is 2.14. The number of para-hydroxylation sites is 1. The molecule has 7 nitrogen and oxygen atoms in total. The predicted octanol–water partition coefficient (Wildman–Crippen LogP) is 2.85. The number of rotatable bonds is 5. The Kier molecular flexibility index (Phi) is 6.55. The van der Waals surface area contributed by atoms with Crippen LogP contribution < -0.4 is 15.2 Å². The molecule has 2 aromatic rings. The number of hydrogen-bond donors (Lipinski definition) is 1. The van der Waals surface area contributed by atoms with Crippen molar-refractivity contribution < 1.29 is 9.59 Å². The fourth-order valence-corrected chi connectivity index (χ4v) is 4.15. The maximum atomic E-state index is 12.9. The van der Waals surface area contributed by atoms with Crippen LogP contribution in [0.25, 0.3) is 0 Å². The monoisotopic (exact) mass is 433 g/mol. The molecule has 32 heavy (non-hydrogen) atoms. The largest absolute Gasteiger partial charge is 0.369 e. The molecule has 2 heterocycles. The second-order valence-corrected chi connectivity index (χ2v) is 8.64. The lowest BCUT2D eigenvalue weighted by atomic mass is 10.1. The molecule has 0 spiro atoms. The van der Waals surface area contributed by atoms with Crippen LogP contribution in [0.15, 0.2) is 47.6 Å². The number of aryl methyl sites for hydroxylation is 2. The van der Waals surface area contributed by atoms with Crippen molar-refractivity contribution in [2.45, 2.75) is 33.2 Å². The average molecular weight is 434 g/mol. The Morgan fingerprint density at radius 3 is 2.53 bits per heavy atom. The van der Waals surface area contributed by atoms with Gasteiger partial charge in [0.1, 0.15) is 5.71 Å². The van der Waals surface area contributed by atoms with E-state index in [1.807, 2.05) is 44.2 Å². The molecule has 0 atom stereocenters. The second-order valence-electron chi connectivity index (χ2n) is 8.64. The average Bonchev–Trinajstić information content (AvgIpc) is 2.80. The number of carbonyl (C=O) groups is 2. The first-order chi connectivity index (χ1) is 15.4. The molecule has 7 heteroatoms. The Morgan fingerprint density at radius 1 is 1.00 bits per heavy atom. The van der Waals surface area contributed by atoms with Crippen LogP contribution in [0, 0.1) is 13.8 Å². The zero-order chi connectivity index (χ0) is 22.7. The van der Waals surface area contributed by atoms with Gasteiger partial charge in [0.05, 0.1) is 5.69 Å². The number of hydrogen-bond acceptors (Lipinski definition) is 5. The van der Waals surface area contributed by atoms with Crippen LogP contribution in [0.4, 0.5) is 11.4 Å². The van der Waals surface area contributed by atoms with E-state index >= 15 is 0 Å². The van der Waals surface area contributed by atoms with E-state index in [4.69, 9.17) is 0 Å². The van der Waals surface area contributed by atoms with Gasteiger partial charge in [0.2, 0.25) is 5.91 Å². The zero-order valence-corrected chi connectivity index (χ0v) is 19.1. The minimum absolute atomic E-state index is 0.0873. The van der Waals surface area contributed by atoms with Crippen LogP contribution in [0.2, 0.25) is 0 Å². The molecule has 2 aliphatic heterocycles. The van der Waals surface area contributed by atoms with Gasteiger partial charge < -0.3 is 15.1 Å². The summed E-state index contributed by atoms with van der Waals surface area (Å²) in [5.41, 5.74) is 5.38. The topological polar surface area (TPSA) is 68.2 Å². The number of anilines is 2. The first kappa shape index (κ1) is 22.0. The van der Waals surface area contributed by atoms with E-state index in [-0.39, 0.29) is 18.2 Å². The SMILES string of the molecule is Cc1ccc(C)c(N2N=C(C(=O)NCc3ccccc3N3CCN(C)CC3)CCC2=O)c1. The van der Waals surface area contributed by atoms with Crippen molar-refractivity contribution in [1.82, 2.24) is 10.2 Å². The maximum Gasteiger partial charge on any atom is 0.267 e. The van der Waals surface area contributed by atoms with E-state index in [2.05, 4.69) is 39.4 Å². The molecular formula is C25H31N5O2. The van der Waals surface area contributed by atoms with E-state index in [0.717, 1.165) is 48.6 Å². The highest BCUT2D eigenvalue weighted by Gasteiger charge is 2.27. The number of nitrogens with zero attached hydrogens (tertiary/aromatic N) is 4. The number of likely N-dealkylation sites (N-methyl/N-ethyl adjacent to an activating group) is 1. The molecule has 1 fully saturated rings. The van der Waals surface area contributed by atoms with Gasteiger partial charge in [-0.3, -0.25) is 9.59 Å². The van der Waals surface area contributed by atoms with E-state index in [9.17, 15) is 9.59 Å². The maximum absolute atomic E-state index is 12.9. The number of hydrazone groups is 1. The van der Waals surface area contributed by atoms with Crippen LogP contribution in [-0.4, -0.2) is 55.7 Å². The third-order valence-corrected chi connectivity index (χ3v) is 6.16. The zero-order valence-electron chi connectivity index (χ0n) is 19.1. The second kappa shape index (κ2) is 9.53. The number of amides is 2. The van der Waals surface area contributed by atoms with Gasteiger partial charge in [0, 0.05) is 51.3 Å². The highest BCUT2D eigenvalue weighted by Crippen LogP contribution is 2.26. The molecule has 2 aromatic carbocycles. The summed E-state index contributed by atoms with van der Waals surface area (Å²) in [5, 5.41) is 8.85. The summed E-state index contributed by atoms with van der Waals surface area (Å²) in [5.74, 6) is -0.309. The van der Waals surface area contributed by atoms with Gasteiger partial charge in [0.15, 0.2) is 0 Å². The lowest BCUT2D eigenvalue weighted by molar-refractivity contribution is -0.119. The van der Waals surface area contributed by atoms with Crippen LogP contribution in [0.5, 0.6) is 0 Å². The highest BCUT2D eigenvalue weighted by atomic mass is 16.2. The number of nitrogens with one attached hydrogen (secondary N) is 1. The predicted molar refractivity (Wildman–Crippen MR) is 128 cm³/mol. The first-order valence-corrected chi connectivity index (χ1v) is 11.2. The van der Waals surface area contributed by atoms with Gasteiger partial charge in [-0.15, -0.1) is 0 Å². The van der Waals surface area contributed by atoms with Gasteiger partial charge >= 0.3 is 0 Å². The standard InChI is InChI=1S/C25H31N5O2/c1-18-8-9-19(2)23(16-18)30-24(31)11-10-21(27-30)25(32)26-17-20-6-4-5-7-22(20)29-14-12-28(3)13-15-29/h4-9,16H,10-15,17H2,1-3H3,(H,26,32). The van der Waals surface area contributed by atoms with Crippen molar-refractivity contribution in [1.29, 1.82) is 0 Å². The molecule has 0 aromatic heterocycles. The van der Waals surface area contributed by atoms with E-state index in [1.54, 1.807) is 0 Å². The molecule has 2 amide bonds. The van der Waals surface area contributed by atoms with Crippen LogP contribution in [0.1, 0.15) is 29.5 Å². The fourth-order valence-electron chi connectivity index (χ4n) is 4.15. The van der Waals surface area contributed by atoms with Gasteiger partial charge in [-0.05, 0) is 49.7 Å². The third kappa shape index (κ3) is 4.83. The van der Waals surface area contributed by atoms with Crippen LogP contribution in [0.3, 0.4) is 0 Å². The Hall–Kier alpha value is -3.19. The third-order valence-electron chi connectivity index (χ3n) is 6.16. The molecule has 1 saturated heterocycles. The minimum atomic E-state index is -0.221. The summed E-state index contributed by atoms with van der Waals surface area (Å²) in [6, 6.07) is 14.1. The lowest BCUT2D eigenvalue weighted by Crippen LogP contribution is -2.45. The van der Waals surface area contributed by atoms with Gasteiger partial charge in [0.25, 0.3) is 5.91 Å². The summed E-state index contributed by atoms with van der Waals surface area (Å²) < 4.78 is 0. The van der Waals surface area contributed by atoms with Crippen molar-refractivity contribution >= 4 is 28.9 Å².